The van der Waals surface area contributed by atoms with Gasteiger partial charge in [0.2, 0.25) is 0 Å². The molecule has 1 aromatic rings. The molecule has 5 heteroatoms. The maximum atomic E-state index is 11.5. The summed E-state index contributed by atoms with van der Waals surface area (Å²) < 4.78 is 5.56. The molecule has 1 amide bonds. The molecule has 0 aliphatic carbocycles. The van der Waals surface area contributed by atoms with Crippen molar-refractivity contribution >= 4 is 17.5 Å². The van der Waals surface area contributed by atoms with Crippen LogP contribution in [0.25, 0.3) is 0 Å². The molecule has 0 fully saturated rings. The average molecular weight is 257 g/mol. The summed E-state index contributed by atoms with van der Waals surface area (Å²) in [6, 6.07) is 5.17. The largest absolute Gasteiger partial charge is 0.481 e. The van der Waals surface area contributed by atoms with Crippen LogP contribution in [-0.4, -0.2) is 18.6 Å². The lowest BCUT2D eigenvalue weighted by Gasteiger charge is -2.16. The molecular formula is C12H17ClN2O2. The van der Waals surface area contributed by atoms with Crippen LogP contribution in [0.1, 0.15) is 19.4 Å². The summed E-state index contributed by atoms with van der Waals surface area (Å²) in [6.07, 6.45) is -0.554. The topological polar surface area (TPSA) is 64.3 Å². The Balaban J connectivity index is 2.77. The summed E-state index contributed by atoms with van der Waals surface area (Å²) in [4.78, 5) is 11.5. The van der Waals surface area contributed by atoms with E-state index in [1.54, 1.807) is 25.1 Å². The van der Waals surface area contributed by atoms with Crippen molar-refractivity contribution in [3.05, 3.63) is 28.8 Å². The number of hydrogen-bond donors (Lipinski definition) is 2. The molecule has 4 nitrogen and oxygen atoms in total. The highest BCUT2D eigenvalue weighted by atomic mass is 35.5. The normalized spacial score (nSPS) is 12.0. The molecule has 0 radical (unpaired) electrons. The highest BCUT2D eigenvalue weighted by Gasteiger charge is 2.15. The van der Waals surface area contributed by atoms with E-state index in [2.05, 4.69) is 5.32 Å². The van der Waals surface area contributed by atoms with E-state index in [0.29, 0.717) is 23.9 Å². The van der Waals surface area contributed by atoms with Crippen LogP contribution >= 0.6 is 11.6 Å². The molecule has 0 saturated carbocycles. The van der Waals surface area contributed by atoms with Gasteiger partial charge in [-0.15, -0.1) is 0 Å². The fourth-order valence-corrected chi connectivity index (χ4v) is 1.58. The van der Waals surface area contributed by atoms with E-state index in [-0.39, 0.29) is 5.91 Å². The van der Waals surface area contributed by atoms with Gasteiger partial charge in [-0.2, -0.15) is 0 Å². The van der Waals surface area contributed by atoms with E-state index in [0.717, 1.165) is 5.56 Å². The zero-order valence-corrected chi connectivity index (χ0v) is 10.8. The molecule has 0 saturated heterocycles. The van der Waals surface area contributed by atoms with Crippen LogP contribution in [0.15, 0.2) is 18.2 Å². The van der Waals surface area contributed by atoms with E-state index in [4.69, 9.17) is 22.1 Å². The van der Waals surface area contributed by atoms with E-state index >= 15 is 0 Å². The van der Waals surface area contributed by atoms with Crippen molar-refractivity contribution in [1.29, 1.82) is 0 Å². The minimum Gasteiger partial charge on any atom is -0.481 e. The van der Waals surface area contributed by atoms with Crippen LogP contribution < -0.4 is 15.8 Å². The second-order valence-corrected chi connectivity index (χ2v) is 4.05. The molecular weight excluding hydrogens is 240 g/mol. The van der Waals surface area contributed by atoms with E-state index in [9.17, 15) is 4.79 Å². The Morgan fingerprint density at radius 3 is 2.88 bits per heavy atom. The standard InChI is InChI=1S/C12H17ClN2O2/c1-3-15-12(16)8(2)17-11-5-4-10(13)6-9(11)7-14/h4-6,8H,3,7,14H2,1-2H3,(H,15,16). The number of ether oxygens (including phenoxy) is 1. The monoisotopic (exact) mass is 256 g/mol. The predicted molar refractivity (Wildman–Crippen MR) is 68.1 cm³/mol. The van der Waals surface area contributed by atoms with Gasteiger partial charge in [0.1, 0.15) is 5.75 Å². The van der Waals surface area contributed by atoms with Crippen molar-refractivity contribution in [3.8, 4) is 5.75 Å². The maximum Gasteiger partial charge on any atom is 0.260 e. The van der Waals surface area contributed by atoms with Crippen molar-refractivity contribution in [2.75, 3.05) is 6.54 Å². The number of halogens is 1. The van der Waals surface area contributed by atoms with Crippen LogP contribution in [0.3, 0.4) is 0 Å². The quantitative estimate of drug-likeness (QED) is 0.843. The van der Waals surface area contributed by atoms with E-state index in [1.165, 1.54) is 0 Å². The second kappa shape index (κ2) is 6.47. The number of nitrogens with one attached hydrogen (secondary N) is 1. The Kier molecular flexibility index (Phi) is 5.25. The fraction of sp³-hybridized carbons (Fsp3) is 0.417. The maximum absolute atomic E-state index is 11.5. The average Bonchev–Trinajstić information content (AvgIpc) is 2.31. The van der Waals surface area contributed by atoms with Crippen LogP contribution in [0, 0.1) is 0 Å². The summed E-state index contributed by atoms with van der Waals surface area (Å²) >= 11 is 5.85. The van der Waals surface area contributed by atoms with Crippen molar-refractivity contribution in [1.82, 2.24) is 5.32 Å². The molecule has 0 aliphatic heterocycles. The van der Waals surface area contributed by atoms with Crippen molar-refractivity contribution in [2.24, 2.45) is 5.73 Å². The Morgan fingerprint density at radius 2 is 2.29 bits per heavy atom. The molecule has 0 aromatic heterocycles. The number of amides is 1. The van der Waals surface area contributed by atoms with Gasteiger partial charge < -0.3 is 15.8 Å². The SMILES string of the molecule is CCNC(=O)C(C)Oc1ccc(Cl)cc1CN. The van der Waals surface area contributed by atoms with Gasteiger partial charge in [0, 0.05) is 23.7 Å². The third-order valence-corrected chi connectivity index (χ3v) is 2.50. The lowest BCUT2D eigenvalue weighted by atomic mass is 10.2. The molecule has 1 unspecified atom stereocenters. The van der Waals surface area contributed by atoms with Gasteiger partial charge >= 0.3 is 0 Å². The van der Waals surface area contributed by atoms with Crippen LogP contribution in [-0.2, 0) is 11.3 Å². The Labute approximate surface area is 106 Å². The highest BCUT2D eigenvalue weighted by molar-refractivity contribution is 6.30. The van der Waals surface area contributed by atoms with E-state index in [1.807, 2.05) is 6.92 Å². The second-order valence-electron chi connectivity index (χ2n) is 3.61. The molecule has 0 aliphatic rings. The van der Waals surface area contributed by atoms with Crippen molar-refractivity contribution in [3.63, 3.8) is 0 Å². The van der Waals surface area contributed by atoms with Gasteiger partial charge in [-0.05, 0) is 32.0 Å². The van der Waals surface area contributed by atoms with Crippen LogP contribution in [0.4, 0.5) is 0 Å². The number of rotatable bonds is 5. The molecule has 0 bridgehead atoms. The highest BCUT2D eigenvalue weighted by Crippen LogP contribution is 2.23. The predicted octanol–water partition coefficient (Wildman–Crippen LogP) is 1.70. The van der Waals surface area contributed by atoms with E-state index < -0.39 is 6.10 Å². The number of benzene rings is 1. The lowest BCUT2D eigenvalue weighted by Crippen LogP contribution is -2.36. The Morgan fingerprint density at radius 1 is 1.59 bits per heavy atom. The molecule has 1 rings (SSSR count). The van der Waals surface area contributed by atoms with Crippen LogP contribution in [0.2, 0.25) is 5.02 Å². The summed E-state index contributed by atoms with van der Waals surface area (Å²) in [5.74, 6) is 0.445. The van der Waals surface area contributed by atoms with Crippen LogP contribution in [0.5, 0.6) is 5.75 Å². The molecule has 1 atom stereocenters. The summed E-state index contributed by atoms with van der Waals surface area (Å²) in [5, 5.41) is 3.29. The lowest BCUT2D eigenvalue weighted by molar-refractivity contribution is -0.127. The minimum absolute atomic E-state index is 0.148. The molecule has 94 valence electrons. The fourth-order valence-electron chi connectivity index (χ4n) is 1.38. The molecule has 3 N–H and O–H groups in total. The first kappa shape index (κ1) is 13.8. The Bertz CT molecular complexity index is 396. The molecule has 17 heavy (non-hydrogen) atoms. The molecule has 1 aromatic carbocycles. The first-order valence-electron chi connectivity index (χ1n) is 5.51. The first-order valence-corrected chi connectivity index (χ1v) is 5.89. The van der Waals surface area contributed by atoms with Gasteiger partial charge in [0.25, 0.3) is 5.91 Å². The Hall–Kier alpha value is -1.26. The minimum atomic E-state index is -0.554. The third kappa shape index (κ3) is 3.91. The van der Waals surface area contributed by atoms with Crippen molar-refractivity contribution < 1.29 is 9.53 Å². The first-order chi connectivity index (χ1) is 8.08. The number of nitrogens with two attached hydrogens (primary N) is 1. The number of carbonyl (C=O) groups excluding carboxylic acids is 1. The third-order valence-electron chi connectivity index (χ3n) is 2.27. The summed E-state index contributed by atoms with van der Waals surface area (Å²) in [7, 11) is 0. The van der Waals surface area contributed by atoms with Gasteiger partial charge in [-0.25, -0.2) is 0 Å². The number of likely N-dealkylation sites (N-methyl/N-ethyl adjacent to an activating group) is 1. The van der Waals surface area contributed by atoms with Gasteiger partial charge in [0.15, 0.2) is 6.10 Å². The van der Waals surface area contributed by atoms with Gasteiger partial charge in [-0.3, -0.25) is 4.79 Å². The summed E-state index contributed by atoms with van der Waals surface area (Å²) in [5.41, 5.74) is 6.38. The van der Waals surface area contributed by atoms with Crippen molar-refractivity contribution in [2.45, 2.75) is 26.5 Å². The van der Waals surface area contributed by atoms with Gasteiger partial charge in [0.05, 0.1) is 0 Å². The smallest absolute Gasteiger partial charge is 0.260 e. The van der Waals surface area contributed by atoms with Gasteiger partial charge in [-0.1, -0.05) is 11.6 Å². The number of hydrogen-bond acceptors (Lipinski definition) is 3. The zero-order chi connectivity index (χ0) is 12.8. The zero-order valence-electron chi connectivity index (χ0n) is 10.00. The summed E-state index contributed by atoms with van der Waals surface area (Å²) in [6.45, 7) is 4.45. The molecule has 0 spiro atoms. The number of carbonyl (C=O) groups is 1. The molecule has 0 heterocycles.